The molecule has 3 aromatic heterocycles. The Morgan fingerprint density at radius 1 is 0.968 bits per heavy atom. The van der Waals surface area contributed by atoms with E-state index in [-0.39, 0.29) is 0 Å². The molecule has 0 saturated carbocycles. The minimum Gasteiger partial charge on any atom is -0.496 e. The summed E-state index contributed by atoms with van der Waals surface area (Å²) in [5, 5.41) is 1.07. The predicted molar refractivity (Wildman–Crippen MR) is 126 cm³/mol. The van der Waals surface area contributed by atoms with Gasteiger partial charge in [0.2, 0.25) is 0 Å². The standard InChI is InChI=1S/C25H27N5O/c1-3-29-8-10-30(11-9-29)20-12-18(14-26-16-20)19-13-22-23(17-28-25(22)27-15-19)21-6-4-5-7-24(21)31-2/h4-7,12-17H,3,8-11H2,1-2H3,(H,27,28). The topological polar surface area (TPSA) is 57.3 Å². The van der Waals surface area contributed by atoms with Crippen molar-refractivity contribution in [1.29, 1.82) is 0 Å². The van der Waals surface area contributed by atoms with E-state index < -0.39 is 0 Å². The van der Waals surface area contributed by atoms with Crippen molar-refractivity contribution in [3.05, 3.63) is 61.2 Å². The summed E-state index contributed by atoms with van der Waals surface area (Å²) in [6.45, 7) is 7.60. The van der Waals surface area contributed by atoms with Gasteiger partial charge in [-0.05, 0) is 24.7 Å². The predicted octanol–water partition coefficient (Wildman–Crippen LogP) is 4.44. The van der Waals surface area contributed by atoms with Crippen LogP contribution in [0.5, 0.6) is 5.75 Å². The molecule has 6 nitrogen and oxygen atoms in total. The molecule has 1 aliphatic rings. The number of nitrogens with zero attached hydrogens (tertiary/aromatic N) is 4. The van der Waals surface area contributed by atoms with Gasteiger partial charge < -0.3 is 19.5 Å². The number of hydrogen-bond acceptors (Lipinski definition) is 5. The Labute approximate surface area is 182 Å². The molecule has 31 heavy (non-hydrogen) atoms. The van der Waals surface area contributed by atoms with E-state index in [1.54, 1.807) is 7.11 Å². The minimum atomic E-state index is 0.851. The number of rotatable bonds is 5. The Hall–Kier alpha value is -3.38. The number of aromatic nitrogens is 3. The third kappa shape index (κ3) is 3.75. The summed E-state index contributed by atoms with van der Waals surface area (Å²) in [7, 11) is 1.70. The van der Waals surface area contributed by atoms with Crippen LogP contribution in [0.25, 0.3) is 33.3 Å². The molecule has 1 aliphatic heterocycles. The molecule has 5 rings (SSSR count). The third-order valence-electron chi connectivity index (χ3n) is 6.17. The molecule has 0 spiro atoms. The second-order valence-electron chi connectivity index (χ2n) is 7.88. The Balaban J connectivity index is 1.50. The fourth-order valence-electron chi connectivity index (χ4n) is 4.33. The monoisotopic (exact) mass is 413 g/mol. The molecule has 0 unspecified atom stereocenters. The number of para-hydroxylation sites is 1. The summed E-state index contributed by atoms with van der Waals surface area (Å²) < 4.78 is 5.58. The van der Waals surface area contributed by atoms with Crippen molar-refractivity contribution in [3.63, 3.8) is 0 Å². The van der Waals surface area contributed by atoms with E-state index in [0.717, 1.165) is 71.8 Å². The van der Waals surface area contributed by atoms with E-state index in [1.165, 1.54) is 5.69 Å². The lowest BCUT2D eigenvalue weighted by molar-refractivity contribution is 0.271. The summed E-state index contributed by atoms with van der Waals surface area (Å²) in [4.78, 5) is 17.4. The zero-order chi connectivity index (χ0) is 21.2. The van der Waals surface area contributed by atoms with Gasteiger partial charge in [-0.1, -0.05) is 25.1 Å². The first-order chi connectivity index (χ1) is 15.3. The highest BCUT2D eigenvalue weighted by atomic mass is 16.5. The van der Waals surface area contributed by atoms with Crippen molar-refractivity contribution < 1.29 is 4.74 Å². The number of hydrogen-bond donors (Lipinski definition) is 1. The number of pyridine rings is 2. The minimum absolute atomic E-state index is 0.851. The smallest absolute Gasteiger partial charge is 0.137 e. The van der Waals surface area contributed by atoms with E-state index in [1.807, 2.05) is 43.0 Å². The summed E-state index contributed by atoms with van der Waals surface area (Å²) in [6, 6.07) is 12.5. The number of fused-ring (bicyclic) bond motifs is 1. The molecule has 6 heteroatoms. The van der Waals surface area contributed by atoms with Gasteiger partial charge in [0.05, 0.1) is 19.0 Å². The third-order valence-corrected chi connectivity index (χ3v) is 6.17. The average molecular weight is 414 g/mol. The van der Waals surface area contributed by atoms with Gasteiger partial charge in [0.15, 0.2) is 0 Å². The molecular weight excluding hydrogens is 386 g/mol. The van der Waals surface area contributed by atoms with Gasteiger partial charge in [-0.25, -0.2) is 4.98 Å². The summed E-state index contributed by atoms with van der Waals surface area (Å²) in [6.07, 6.45) is 7.81. The second kappa shape index (κ2) is 8.40. The van der Waals surface area contributed by atoms with Crippen LogP contribution in [0.2, 0.25) is 0 Å². The summed E-state index contributed by atoms with van der Waals surface area (Å²) in [5.41, 5.74) is 6.32. The van der Waals surface area contributed by atoms with Crippen molar-refractivity contribution in [3.8, 4) is 28.0 Å². The van der Waals surface area contributed by atoms with Crippen LogP contribution < -0.4 is 9.64 Å². The fourth-order valence-corrected chi connectivity index (χ4v) is 4.33. The molecule has 0 radical (unpaired) electrons. The van der Waals surface area contributed by atoms with Gasteiger partial charge >= 0.3 is 0 Å². The molecule has 1 saturated heterocycles. The van der Waals surface area contributed by atoms with E-state index >= 15 is 0 Å². The van der Waals surface area contributed by atoms with Gasteiger partial charge in [-0.2, -0.15) is 0 Å². The van der Waals surface area contributed by atoms with Gasteiger partial charge in [-0.15, -0.1) is 0 Å². The normalized spacial score (nSPS) is 14.8. The van der Waals surface area contributed by atoms with Crippen LogP contribution in [-0.4, -0.2) is 59.7 Å². The Bertz CT molecular complexity index is 1190. The van der Waals surface area contributed by atoms with Gasteiger partial charge in [0.1, 0.15) is 11.4 Å². The molecule has 158 valence electrons. The van der Waals surface area contributed by atoms with Crippen molar-refractivity contribution >= 4 is 16.7 Å². The second-order valence-corrected chi connectivity index (χ2v) is 7.88. The lowest BCUT2D eigenvalue weighted by atomic mass is 10.0. The maximum atomic E-state index is 5.58. The number of ether oxygens (including phenoxy) is 1. The number of benzene rings is 1. The molecule has 4 heterocycles. The van der Waals surface area contributed by atoms with E-state index in [0.29, 0.717) is 0 Å². The van der Waals surface area contributed by atoms with Crippen molar-refractivity contribution in [2.45, 2.75) is 6.92 Å². The fraction of sp³-hybridized carbons (Fsp3) is 0.280. The number of anilines is 1. The van der Waals surface area contributed by atoms with Crippen LogP contribution in [0, 0.1) is 0 Å². The zero-order valence-corrected chi connectivity index (χ0v) is 18.0. The van der Waals surface area contributed by atoms with E-state index in [4.69, 9.17) is 4.74 Å². The Kier molecular flexibility index (Phi) is 5.30. The van der Waals surface area contributed by atoms with Crippen molar-refractivity contribution in [2.75, 3.05) is 44.7 Å². The highest BCUT2D eigenvalue weighted by Gasteiger charge is 2.17. The quantitative estimate of drug-likeness (QED) is 0.524. The van der Waals surface area contributed by atoms with Crippen LogP contribution in [0.15, 0.2) is 61.2 Å². The van der Waals surface area contributed by atoms with E-state index in [9.17, 15) is 0 Å². The molecule has 0 amide bonds. The summed E-state index contributed by atoms with van der Waals surface area (Å²) in [5.74, 6) is 0.851. The number of methoxy groups -OCH3 is 1. The number of nitrogens with one attached hydrogen (secondary N) is 1. The molecule has 1 N–H and O–H groups in total. The Morgan fingerprint density at radius 2 is 1.77 bits per heavy atom. The average Bonchev–Trinajstić information content (AvgIpc) is 3.27. The highest BCUT2D eigenvalue weighted by Crippen LogP contribution is 2.36. The van der Waals surface area contributed by atoms with Crippen LogP contribution >= 0.6 is 0 Å². The molecule has 0 aliphatic carbocycles. The maximum absolute atomic E-state index is 5.58. The molecule has 0 bridgehead atoms. The summed E-state index contributed by atoms with van der Waals surface area (Å²) >= 11 is 0. The van der Waals surface area contributed by atoms with E-state index in [2.05, 4.69) is 49.9 Å². The number of H-pyrrole nitrogens is 1. The molecule has 0 atom stereocenters. The first-order valence-corrected chi connectivity index (χ1v) is 10.8. The van der Waals surface area contributed by atoms with Gasteiger partial charge in [0, 0.05) is 72.4 Å². The molecule has 1 aromatic carbocycles. The molecule has 1 fully saturated rings. The van der Waals surface area contributed by atoms with Crippen LogP contribution in [0.3, 0.4) is 0 Å². The zero-order valence-electron chi connectivity index (χ0n) is 18.0. The lowest BCUT2D eigenvalue weighted by Gasteiger charge is -2.35. The lowest BCUT2D eigenvalue weighted by Crippen LogP contribution is -2.46. The van der Waals surface area contributed by atoms with Crippen molar-refractivity contribution in [2.24, 2.45) is 0 Å². The van der Waals surface area contributed by atoms with Crippen molar-refractivity contribution in [1.82, 2.24) is 19.9 Å². The van der Waals surface area contributed by atoms with Gasteiger partial charge in [-0.3, -0.25) is 4.98 Å². The number of aromatic amines is 1. The van der Waals surface area contributed by atoms with Crippen LogP contribution in [0.4, 0.5) is 5.69 Å². The highest BCUT2D eigenvalue weighted by molar-refractivity contribution is 5.97. The van der Waals surface area contributed by atoms with Gasteiger partial charge in [0.25, 0.3) is 0 Å². The SMILES string of the molecule is CCN1CCN(c2cncc(-c3cnc4[nH]cc(-c5ccccc5OC)c4c3)c2)CC1. The number of likely N-dealkylation sites (N-methyl/N-ethyl adjacent to an activating group) is 1. The first-order valence-electron chi connectivity index (χ1n) is 10.8. The number of piperazine rings is 1. The maximum Gasteiger partial charge on any atom is 0.137 e. The van der Waals surface area contributed by atoms with Crippen LogP contribution in [-0.2, 0) is 0 Å². The Morgan fingerprint density at radius 3 is 2.58 bits per heavy atom. The molecule has 4 aromatic rings. The first kappa shape index (κ1) is 19.6. The largest absolute Gasteiger partial charge is 0.496 e. The molecular formula is C25H27N5O. The van der Waals surface area contributed by atoms with Crippen LogP contribution in [0.1, 0.15) is 6.92 Å².